The minimum absolute atomic E-state index is 0.0447. The Morgan fingerprint density at radius 2 is 1.53 bits per heavy atom. The molecule has 11 heteroatoms. The van der Waals surface area contributed by atoms with Crippen molar-refractivity contribution < 1.29 is 19.1 Å². The van der Waals surface area contributed by atoms with Crippen LogP contribution in [0.15, 0.2) is 42.5 Å². The van der Waals surface area contributed by atoms with Crippen LogP contribution in [0.25, 0.3) is 17.0 Å². The molecule has 10 nitrogen and oxygen atoms in total. The standard InChI is InChI=1S/C40H57ClN6O4/c1-7-9-11-12-13-14-15-16-17-18-22-33(48)42-30-23-24-32(50-6)31(27-30)35(51-25-10-8-2)39(49)43-29-21-19-20-28(26-29)37-44-38-34(41)36(40(3,4)5)45-47(38)46-37/h19-21,23-24,26-27,35H,7-18,22,25H2,1-6H3,(H,42,48)(H,43,49)(H,44,46). The molecule has 0 spiro atoms. The Labute approximate surface area is 308 Å². The van der Waals surface area contributed by atoms with E-state index < -0.39 is 6.10 Å². The van der Waals surface area contributed by atoms with Crippen LogP contribution in [0.4, 0.5) is 11.4 Å². The molecule has 1 atom stereocenters. The molecule has 51 heavy (non-hydrogen) atoms. The van der Waals surface area contributed by atoms with Crippen molar-refractivity contribution in [3.05, 3.63) is 58.7 Å². The Bertz CT molecular complexity index is 1710. The molecule has 2 amide bonds. The van der Waals surface area contributed by atoms with Crippen LogP contribution in [-0.4, -0.2) is 45.3 Å². The molecule has 2 aromatic carbocycles. The number of methoxy groups -OCH3 is 1. The molecule has 3 N–H and O–H groups in total. The summed E-state index contributed by atoms with van der Waals surface area (Å²) in [5, 5.41) is 15.8. The lowest BCUT2D eigenvalue weighted by atomic mass is 9.92. The number of hydrogen-bond donors (Lipinski definition) is 3. The summed E-state index contributed by atoms with van der Waals surface area (Å²) in [5.41, 5.74) is 3.59. The molecule has 2 aromatic heterocycles. The monoisotopic (exact) mass is 720 g/mol. The molecule has 1 unspecified atom stereocenters. The number of anilines is 2. The number of nitrogens with zero attached hydrogens (tertiary/aromatic N) is 3. The van der Waals surface area contributed by atoms with E-state index in [-0.39, 0.29) is 17.2 Å². The Kier molecular flexibility index (Phi) is 15.4. The summed E-state index contributed by atoms with van der Waals surface area (Å²) < 4.78 is 13.4. The van der Waals surface area contributed by atoms with Crippen molar-refractivity contribution in [2.24, 2.45) is 0 Å². The summed E-state index contributed by atoms with van der Waals surface area (Å²) in [7, 11) is 1.56. The molecule has 2 heterocycles. The number of hydrogen-bond acceptors (Lipinski definition) is 6. The number of nitrogens with one attached hydrogen (secondary N) is 3. The summed E-state index contributed by atoms with van der Waals surface area (Å²) in [6, 6.07) is 12.7. The molecule has 278 valence electrons. The Hall–Kier alpha value is -3.89. The Morgan fingerprint density at radius 3 is 2.18 bits per heavy atom. The molecule has 0 aliphatic carbocycles. The fourth-order valence-electron chi connectivity index (χ4n) is 6.02. The second kappa shape index (κ2) is 19.6. The van der Waals surface area contributed by atoms with Crippen molar-refractivity contribution in [3.63, 3.8) is 0 Å². The lowest BCUT2D eigenvalue weighted by molar-refractivity contribution is -0.128. The van der Waals surface area contributed by atoms with E-state index in [0.29, 0.717) is 52.2 Å². The smallest absolute Gasteiger partial charge is 0.258 e. The first-order valence-electron chi connectivity index (χ1n) is 18.7. The number of carbonyl (C=O) groups excluding carboxylic acids is 2. The zero-order valence-electron chi connectivity index (χ0n) is 31.4. The van der Waals surface area contributed by atoms with Crippen molar-refractivity contribution in [1.29, 1.82) is 0 Å². The van der Waals surface area contributed by atoms with Gasteiger partial charge in [-0.1, -0.05) is 123 Å². The number of H-pyrrole nitrogens is 1. The first-order chi connectivity index (χ1) is 24.5. The highest BCUT2D eigenvalue weighted by Crippen LogP contribution is 2.34. The van der Waals surface area contributed by atoms with E-state index in [2.05, 4.69) is 60.4 Å². The SMILES string of the molecule is CCCCCCCCCCCCC(=O)Nc1ccc(OC)c(C(OCCCC)C(=O)Nc2cccc(-c3nn4nc(C(C)(C)C)c(Cl)c4[nH]3)c2)c1. The van der Waals surface area contributed by atoms with Gasteiger partial charge in [-0.25, -0.2) is 0 Å². The summed E-state index contributed by atoms with van der Waals surface area (Å²) in [5.74, 6) is 0.660. The van der Waals surface area contributed by atoms with E-state index >= 15 is 0 Å². The van der Waals surface area contributed by atoms with Crippen LogP contribution in [0.5, 0.6) is 5.75 Å². The zero-order valence-corrected chi connectivity index (χ0v) is 32.1. The van der Waals surface area contributed by atoms with Crippen LogP contribution in [0.1, 0.15) is 135 Å². The van der Waals surface area contributed by atoms with Gasteiger partial charge in [0, 0.05) is 40.9 Å². The molecule has 0 bridgehead atoms. The predicted octanol–water partition coefficient (Wildman–Crippen LogP) is 10.4. The molecule has 0 fully saturated rings. The number of fused-ring (bicyclic) bond motifs is 1. The lowest BCUT2D eigenvalue weighted by Crippen LogP contribution is -2.25. The maximum absolute atomic E-state index is 13.9. The summed E-state index contributed by atoms with van der Waals surface area (Å²) in [4.78, 5) is 30.1. The highest BCUT2D eigenvalue weighted by atomic mass is 35.5. The van der Waals surface area contributed by atoms with Gasteiger partial charge in [-0.05, 0) is 43.2 Å². The van der Waals surface area contributed by atoms with Crippen LogP contribution >= 0.6 is 11.6 Å². The molecule has 4 rings (SSSR count). The van der Waals surface area contributed by atoms with Gasteiger partial charge in [0.25, 0.3) is 5.91 Å². The van der Waals surface area contributed by atoms with Gasteiger partial charge in [0.15, 0.2) is 17.6 Å². The number of unbranched alkanes of at least 4 members (excludes halogenated alkanes) is 10. The number of ether oxygens (including phenoxy) is 2. The topological polar surface area (TPSA) is 123 Å². The van der Waals surface area contributed by atoms with Gasteiger partial charge >= 0.3 is 0 Å². The van der Waals surface area contributed by atoms with Gasteiger partial charge < -0.3 is 25.1 Å². The number of rotatable bonds is 21. The number of aromatic nitrogens is 4. The summed E-state index contributed by atoms with van der Waals surface area (Å²) in [6.07, 6.45) is 13.3. The van der Waals surface area contributed by atoms with Gasteiger partial charge in [0.05, 0.1) is 12.8 Å². The number of amides is 2. The van der Waals surface area contributed by atoms with Crippen molar-refractivity contribution >= 4 is 40.4 Å². The first-order valence-corrected chi connectivity index (χ1v) is 19.1. The van der Waals surface area contributed by atoms with Crippen molar-refractivity contribution in [2.75, 3.05) is 24.4 Å². The van der Waals surface area contributed by atoms with E-state index in [1.165, 1.54) is 49.6 Å². The van der Waals surface area contributed by atoms with Crippen LogP contribution in [0, 0.1) is 0 Å². The Morgan fingerprint density at radius 1 is 0.863 bits per heavy atom. The zero-order chi connectivity index (χ0) is 36.8. The van der Waals surface area contributed by atoms with Crippen LogP contribution in [-0.2, 0) is 19.7 Å². The average Bonchev–Trinajstić information content (AvgIpc) is 3.67. The maximum Gasteiger partial charge on any atom is 0.258 e. The number of carbonyl (C=O) groups is 2. The number of benzene rings is 2. The second-order valence-electron chi connectivity index (χ2n) is 14.3. The lowest BCUT2D eigenvalue weighted by Gasteiger charge is -2.21. The van der Waals surface area contributed by atoms with Gasteiger partial charge in [-0.3, -0.25) is 9.59 Å². The van der Waals surface area contributed by atoms with E-state index in [9.17, 15) is 9.59 Å². The maximum atomic E-state index is 13.9. The Balaban J connectivity index is 1.42. The van der Waals surface area contributed by atoms with E-state index in [4.69, 9.17) is 21.1 Å². The van der Waals surface area contributed by atoms with Gasteiger partial charge in [-0.15, -0.1) is 9.73 Å². The van der Waals surface area contributed by atoms with Gasteiger partial charge in [0.2, 0.25) is 5.91 Å². The van der Waals surface area contributed by atoms with Crippen molar-refractivity contribution in [3.8, 4) is 17.1 Å². The molecule has 0 aliphatic heterocycles. The summed E-state index contributed by atoms with van der Waals surface area (Å²) in [6.45, 7) is 10.8. The van der Waals surface area contributed by atoms with Crippen molar-refractivity contribution in [2.45, 2.75) is 130 Å². The molecular formula is C40H57ClN6O4. The van der Waals surface area contributed by atoms with Crippen molar-refractivity contribution in [1.82, 2.24) is 19.8 Å². The predicted molar refractivity (Wildman–Crippen MR) is 207 cm³/mol. The van der Waals surface area contributed by atoms with Crippen LogP contribution in [0.3, 0.4) is 0 Å². The fourth-order valence-corrected chi connectivity index (χ4v) is 6.47. The van der Waals surface area contributed by atoms with E-state index in [1.54, 1.807) is 25.3 Å². The molecular weight excluding hydrogens is 664 g/mol. The summed E-state index contributed by atoms with van der Waals surface area (Å²) >= 11 is 6.65. The molecule has 0 saturated carbocycles. The largest absolute Gasteiger partial charge is 0.496 e. The third-order valence-electron chi connectivity index (χ3n) is 8.93. The third kappa shape index (κ3) is 11.6. The first kappa shape index (κ1) is 39.9. The highest BCUT2D eigenvalue weighted by molar-refractivity contribution is 6.34. The number of aromatic amines is 1. The highest BCUT2D eigenvalue weighted by Gasteiger charge is 2.27. The minimum Gasteiger partial charge on any atom is -0.496 e. The van der Waals surface area contributed by atoms with Gasteiger partial charge in [-0.2, -0.15) is 5.10 Å². The fraction of sp³-hybridized carbons (Fsp3) is 0.550. The molecule has 0 saturated heterocycles. The van der Waals surface area contributed by atoms with Gasteiger partial charge in [0.1, 0.15) is 10.8 Å². The van der Waals surface area contributed by atoms with Crippen LogP contribution < -0.4 is 15.4 Å². The van der Waals surface area contributed by atoms with E-state index in [0.717, 1.165) is 43.4 Å². The molecule has 0 radical (unpaired) electrons. The second-order valence-corrected chi connectivity index (χ2v) is 14.7. The van der Waals surface area contributed by atoms with Crippen LogP contribution in [0.2, 0.25) is 5.02 Å². The molecule has 0 aliphatic rings. The molecule has 4 aromatic rings. The van der Waals surface area contributed by atoms with E-state index in [1.807, 2.05) is 24.3 Å². The quantitative estimate of drug-likeness (QED) is 0.0736. The minimum atomic E-state index is -0.976. The average molecular weight is 721 g/mol. The normalized spacial score (nSPS) is 12.3. The third-order valence-corrected chi connectivity index (χ3v) is 9.29. The number of halogens is 1.